The zero-order chi connectivity index (χ0) is 30.7. The highest BCUT2D eigenvalue weighted by atomic mass is 16.5. The van der Waals surface area contributed by atoms with E-state index < -0.39 is 17.9 Å². The number of hydrogen-bond donors (Lipinski definition) is 0. The van der Waals surface area contributed by atoms with Gasteiger partial charge in [-0.2, -0.15) is 0 Å². The van der Waals surface area contributed by atoms with Crippen molar-refractivity contribution in [3.63, 3.8) is 0 Å². The topological polar surface area (TPSA) is 114 Å². The van der Waals surface area contributed by atoms with Gasteiger partial charge in [0.2, 0.25) is 0 Å². The molecule has 0 spiro atoms. The molecule has 0 aliphatic carbocycles. The molecule has 9 heteroatoms. The summed E-state index contributed by atoms with van der Waals surface area (Å²) >= 11 is 0. The smallest absolute Gasteiger partial charge is 0.333 e. The maximum absolute atomic E-state index is 12.7. The van der Waals surface area contributed by atoms with E-state index in [1.165, 1.54) is 13.2 Å². The largest absolute Gasteiger partial charge is 0.494 e. The highest BCUT2D eigenvalue weighted by Gasteiger charge is 2.13. The van der Waals surface area contributed by atoms with Crippen molar-refractivity contribution >= 4 is 29.8 Å². The third-order valence-corrected chi connectivity index (χ3v) is 5.90. The minimum Gasteiger partial charge on any atom is -0.494 e. The third kappa shape index (κ3) is 12.2. The molecular formula is C33H38O9. The molecule has 0 radical (unpaired) electrons. The molecule has 2 aromatic rings. The second-order valence-corrected chi connectivity index (χ2v) is 9.06. The Hall–Kier alpha value is -4.66. The van der Waals surface area contributed by atoms with Crippen molar-refractivity contribution in [2.45, 2.75) is 39.0 Å². The van der Waals surface area contributed by atoms with E-state index in [9.17, 15) is 19.2 Å². The van der Waals surface area contributed by atoms with Gasteiger partial charge in [0.1, 0.15) is 11.5 Å². The molecule has 0 N–H and O–H groups in total. The summed E-state index contributed by atoms with van der Waals surface area (Å²) in [5, 5.41) is 0. The van der Waals surface area contributed by atoms with Crippen molar-refractivity contribution in [1.29, 1.82) is 0 Å². The number of unbranched alkanes of at least 4 members (excludes halogenated alkanes) is 1. The first kappa shape index (κ1) is 33.5. The first-order valence-electron chi connectivity index (χ1n) is 13.7. The summed E-state index contributed by atoms with van der Waals surface area (Å²) in [5.74, 6) is -0.380. The van der Waals surface area contributed by atoms with Gasteiger partial charge in [0, 0.05) is 23.6 Å². The molecule has 0 aliphatic rings. The van der Waals surface area contributed by atoms with Crippen molar-refractivity contribution in [1.82, 2.24) is 0 Å². The number of aryl methyl sites for hydroxylation is 1. The summed E-state index contributed by atoms with van der Waals surface area (Å²) in [5.41, 5.74) is 2.43. The number of esters is 3. The third-order valence-electron chi connectivity index (χ3n) is 5.90. The molecule has 0 heterocycles. The number of benzene rings is 2. The van der Waals surface area contributed by atoms with Gasteiger partial charge in [-0.1, -0.05) is 32.2 Å². The fraction of sp³-hybridized carbons (Fsp3) is 0.333. The minimum absolute atomic E-state index is 0.0400. The fourth-order valence-electron chi connectivity index (χ4n) is 3.56. The normalized spacial score (nSPS) is 10.5. The molecule has 2 rings (SSSR count). The number of carbonyl (C=O) groups is 4. The summed E-state index contributed by atoms with van der Waals surface area (Å²) in [6.45, 7) is 10.2. The number of rotatable bonds is 19. The molecule has 0 unspecified atom stereocenters. The average molecular weight is 579 g/mol. The molecule has 0 bridgehead atoms. The molecule has 224 valence electrons. The Labute approximate surface area is 246 Å². The van der Waals surface area contributed by atoms with Crippen molar-refractivity contribution in [2.24, 2.45) is 0 Å². The van der Waals surface area contributed by atoms with Crippen LogP contribution in [0.4, 0.5) is 0 Å². The van der Waals surface area contributed by atoms with Crippen LogP contribution in [-0.2, 0) is 35.0 Å². The number of ether oxygens (including phenoxy) is 5. The quantitative estimate of drug-likeness (QED) is 0.0704. The molecular weight excluding hydrogens is 540 g/mol. The second-order valence-electron chi connectivity index (χ2n) is 9.06. The Morgan fingerprint density at radius 2 is 1.55 bits per heavy atom. The maximum Gasteiger partial charge on any atom is 0.333 e. The molecule has 42 heavy (non-hydrogen) atoms. The minimum atomic E-state index is -0.637. The predicted octanol–water partition coefficient (Wildman–Crippen LogP) is 5.46. The lowest BCUT2D eigenvalue weighted by atomic mass is 10.1. The van der Waals surface area contributed by atoms with Gasteiger partial charge >= 0.3 is 17.9 Å². The lowest BCUT2D eigenvalue weighted by molar-refractivity contribution is -0.144. The van der Waals surface area contributed by atoms with Gasteiger partial charge in [-0.3, -0.25) is 9.59 Å². The monoisotopic (exact) mass is 578 g/mol. The van der Waals surface area contributed by atoms with Crippen LogP contribution in [-0.4, -0.2) is 57.2 Å². The Morgan fingerprint density at radius 1 is 0.857 bits per heavy atom. The van der Waals surface area contributed by atoms with Crippen LogP contribution in [0, 0.1) is 0 Å². The van der Waals surface area contributed by atoms with Crippen LogP contribution in [0.25, 0.3) is 6.08 Å². The van der Waals surface area contributed by atoms with Gasteiger partial charge in [0.25, 0.3) is 0 Å². The molecule has 0 atom stereocenters. The number of ketones is 1. The van der Waals surface area contributed by atoms with Gasteiger partial charge in [-0.05, 0) is 72.9 Å². The van der Waals surface area contributed by atoms with E-state index >= 15 is 0 Å². The van der Waals surface area contributed by atoms with E-state index in [0.29, 0.717) is 44.0 Å². The van der Waals surface area contributed by atoms with E-state index in [1.54, 1.807) is 30.3 Å². The van der Waals surface area contributed by atoms with Crippen LogP contribution in [0.2, 0.25) is 0 Å². The van der Waals surface area contributed by atoms with Crippen LogP contribution in [0.1, 0.15) is 54.1 Å². The lowest BCUT2D eigenvalue weighted by Gasteiger charge is -2.12. The number of hydrogen-bond acceptors (Lipinski definition) is 9. The summed E-state index contributed by atoms with van der Waals surface area (Å²) in [4.78, 5) is 46.7. The molecule has 2 aromatic carbocycles. The van der Waals surface area contributed by atoms with Crippen molar-refractivity contribution in [3.8, 4) is 11.5 Å². The van der Waals surface area contributed by atoms with Gasteiger partial charge < -0.3 is 23.7 Å². The Kier molecular flexibility index (Phi) is 14.9. The highest BCUT2D eigenvalue weighted by Crippen LogP contribution is 2.22. The molecule has 0 aromatic heterocycles. The van der Waals surface area contributed by atoms with Crippen LogP contribution < -0.4 is 9.47 Å². The number of carbonyl (C=O) groups excluding carboxylic acids is 4. The standard InChI is InChI=1S/C33H38O9/c1-5-26-23-25(11-17-30(26)40-20-9-21-42-33(37)24(3)22-32(36)38-4)10-16-29(34)27-12-14-28(15-13-27)39-18-7-8-19-41-31(35)6-2/h6,10-17,23H,2-3,5,7-9,18-22H2,1,4H3/b16-10+. The Balaban J connectivity index is 1.78. The summed E-state index contributed by atoms with van der Waals surface area (Å²) in [6.07, 6.45) is 6.81. The molecule has 9 nitrogen and oxygen atoms in total. The molecule has 0 amide bonds. The number of methoxy groups -OCH3 is 1. The average Bonchev–Trinajstić information content (AvgIpc) is 3.01. The van der Waals surface area contributed by atoms with Crippen LogP contribution in [0.3, 0.4) is 0 Å². The van der Waals surface area contributed by atoms with Gasteiger partial charge in [-0.25, -0.2) is 9.59 Å². The number of allylic oxidation sites excluding steroid dienone is 1. The Bertz CT molecular complexity index is 1260. The van der Waals surface area contributed by atoms with E-state index in [-0.39, 0.29) is 24.4 Å². The van der Waals surface area contributed by atoms with Crippen molar-refractivity contribution in [2.75, 3.05) is 33.5 Å². The second kappa shape index (κ2) is 18.6. The van der Waals surface area contributed by atoms with E-state index in [1.807, 2.05) is 25.1 Å². The Morgan fingerprint density at radius 3 is 2.24 bits per heavy atom. The highest BCUT2D eigenvalue weighted by molar-refractivity contribution is 6.06. The maximum atomic E-state index is 12.7. The van der Waals surface area contributed by atoms with Crippen LogP contribution in [0.15, 0.2) is 73.3 Å². The summed E-state index contributed by atoms with van der Waals surface area (Å²) < 4.78 is 26.1. The van der Waals surface area contributed by atoms with E-state index in [0.717, 1.165) is 35.8 Å². The van der Waals surface area contributed by atoms with Crippen LogP contribution >= 0.6 is 0 Å². The zero-order valence-corrected chi connectivity index (χ0v) is 24.2. The van der Waals surface area contributed by atoms with E-state index in [2.05, 4.69) is 17.9 Å². The molecule has 0 fully saturated rings. The first-order chi connectivity index (χ1) is 20.3. The van der Waals surface area contributed by atoms with Gasteiger partial charge in [0.15, 0.2) is 5.78 Å². The molecule has 0 saturated heterocycles. The lowest BCUT2D eigenvalue weighted by Crippen LogP contribution is -2.13. The SMILES string of the molecule is C=CC(=O)OCCCCOc1ccc(C(=O)/C=C/c2ccc(OCCCOC(=O)C(=C)CC(=O)OC)c(CC)c2)cc1. The summed E-state index contributed by atoms with van der Waals surface area (Å²) in [6, 6.07) is 12.6. The van der Waals surface area contributed by atoms with Gasteiger partial charge in [0.05, 0.1) is 40.0 Å². The molecule has 0 saturated carbocycles. The van der Waals surface area contributed by atoms with Crippen LogP contribution in [0.5, 0.6) is 11.5 Å². The first-order valence-corrected chi connectivity index (χ1v) is 13.7. The summed E-state index contributed by atoms with van der Waals surface area (Å²) in [7, 11) is 1.24. The molecule has 0 aliphatic heterocycles. The van der Waals surface area contributed by atoms with Crippen molar-refractivity contribution in [3.05, 3.63) is 90.0 Å². The van der Waals surface area contributed by atoms with Gasteiger partial charge in [-0.15, -0.1) is 0 Å². The van der Waals surface area contributed by atoms with E-state index in [4.69, 9.17) is 18.9 Å². The van der Waals surface area contributed by atoms with Crippen molar-refractivity contribution < 1.29 is 42.9 Å². The predicted molar refractivity (Wildman–Crippen MR) is 158 cm³/mol. The zero-order valence-electron chi connectivity index (χ0n) is 24.2. The fourth-order valence-corrected chi connectivity index (χ4v) is 3.56.